The first-order valence-electron chi connectivity index (χ1n) is 10.2. The zero-order valence-electron chi connectivity index (χ0n) is 17.1. The molecule has 30 heavy (non-hydrogen) atoms. The monoisotopic (exact) mass is 431 g/mol. The molecule has 0 bridgehead atoms. The molecular weight excluding hydrogens is 405 g/mol. The molecule has 4 rings (SSSR count). The van der Waals surface area contributed by atoms with Gasteiger partial charge in [0.2, 0.25) is 15.9 Å². The first-order chi connectivity index (χ1) is 14.2. The number of nitrogens with zero attached hydrogens (tertiary/aromatic N) is 2. The van der Waals surface area contributed by atoms with Crippen LogP contribution in [0.3, 0.4) is 0 Å². The maximum Gasteiger partial charge on any atom is 0.243 e. The molecule has 0 unspecified atom stereocenters. The van der Waals surface area contributed by atoms with Crippen molar-refractivity contribution in [1.29, 1.82) is 0 Å². The third-order valence-electron chi connectivity index (χ3n) is 6.22. The highest BCUT2D eigenvalue weighted by atomic mass is 32.2. The van der Waals surface area contributed by atoms with E-state index >= 15 is 0 Å². The summed E-state index contributed by atoms with van der Waals surface area (Å²) >= 11 is 0. The first kappa shape index (κ1) is 21.0. The van der Waals surface area contributed by atoms with Gasteiger partial charge in [0.1, 0.15) is 5.82 Å². The Bertz CT molecular complexity index is 1020. The summed E-state index contributed by atoms with van der Waals surface area (Å²) in [5, 5.41) is 3.44. The lowest BCUT2D eigenvalue weighted by Gasteiger charge is -2.46. The van der Waals surface area contributed by atoms with Crippen molar-refractivity contribution >= 4 is 15.9 Å². The largest absolute Gasteiger partial charge is 0.316 e. The molecule has 6 nitrogen and oxygen atoms in total. The van der Waals surface area contributed by atoms with Crippen LogP contribution in [0.5, 0.6) is 0 Å². The van der Waals surface area contributed by atoms with E-state index in [1.807, 2.05) is 49.1 Å². The minimum atomic E-state index is -3.71. The molecule has 0 saturated carbocycles. The maximum absolute atomic E-state index is 13.2. The summed E-state index contributed by atoms with van der Waals surface area (Å²) in [6, 6.07) is 14.3. The number of hydrogen-bond acceptors (Lipinski definition) is 4. The van der Waals surface area contributed by atoms with Gasteiger partial charge in [0.25, 0.3) is 0 Å². The second-order valence-corrected chi connectivity index (χ2v) is 9.99. The molecular formula is C22H26FN3O3S. The van der Waals surface area contributed by atoms with E-state index in [-0.39, 0.29) is 36.0 Å². The third kappa shape index (κ3) is 3.53. The normalized spacial score (nSPS) is 23.1. The van der Waals surface area contributed by atoms with Crippen LogP contribution in [0.1, 0.15) is 38.3 Å². The molecule has 1 N–H and O–H groups in total. The van der Waals surface area contributed by atoms with Gasteiger partial charge in [-0.25, -0.2) is 12.8 Å². The molecule has 2 heterocycles. The predicted molar refractivity (Wildman–Crippen MR) is 111 cm³/mol. The number of halogens is 1. The zero-order chi connectivity index (χ0) is 21.5. The lowest BCUT2D eigenvalue weighted by molar-refractivity contribution is -0.136. The number of sulfonamides is 1. The van der Waals surface area contributed by atoms with Crippen molar-refractivity contribution in [3.05, 3.63) is 66.0 Å². The second-order valence-electron chi connectivity index (χ2n) is 8.05. The molecule has 1 spiro atoms. The van der Waals surface area contributed by atoms with Crippen LogP contribution >= 0.6 is 0 Å². The zero-order valence-corrected chi connectivity index (χ0v) is 17.9. The molecule has 0 radical (unpaired) electrons. The molecule has 2 aliphatic heterocycles. The van der Waals surface area contributed by atoms with Crippen LogP contribution in [-0.2, 0) is 14.8 Å². The van der Waals surface area contributed by atoms with E-state index in [0.29, 0.717) is 12.8 Å². The van der Waals surface area contributed by atoms with E-state index in [0.717, 1.165) is 17.7 Å². The number of carbonyl (C=O) groups is 1. The van der Waals surface area contributed by atoms with Crippen LogP contribution in [0.25, 0.3) is 0 Å². The minimum Gasteiger partial charge on any atom is -0.316 e. The van der Waals surface area contributed by atoms with Gasteiger partial charge < -0.3 is 4.90 Å². The molecule has 8 heteroatoms. The molecule has 0 aliphatic carbocycles. The molecule has 160 valence electrons. The highest BCUT2D eigenvalue weighted by Gasteiger charge is 2.52. The first-order valence-corrected chi connectivity index (χ1v) is 11.6. The number of carbonyl (C=O) groups excluding carboxylic acids is 1. The number of rotatable bonds is 4. The smallest absolute Gasteiger partial charge is 0.243 e. The van der Waals surface area contributed by atoms with E-state index in [1.54, 1.807) is 0 Å². The van der Waals surface area contributed by atoms with Gasteiger partial charge in [-0.3, -0.25) is 10.1 Å². The van der Waals surface area contributed by atoms with Crippen molar-refractivity contribution in [2.75, 3.05) is 13.1 Å². The van der Waals surface area contributed by atoms with Crippen LogP contribution in [-0.4, -0.2) is 48.3 Å². The molecule has 1 amide bonds. The van der Waals surface area contributed by atoms with Gasteiger partial charge in [0.05, 0.1) is 22.6 Å². The average Bonchev–Trinajstić information content (AvgIpc) is 2.98. The van der Waals surface area contributed by atoms with Gasteiger partial charge in [-0.15, -0.1) is 0 Å². The SMILES string of the molecule is C[C@H](c1ccccc1)N1C(=O)[C@@H](C)NC12CCN(S(=O)(=O)c1ccc(F)cc1)CC2. The number of nitrogens with one attached hydrogen (secondary N) is 1. The number of amides is 1. The van der Waals surface area contributed by atoms with Crippen LogP contribution in [0.4, 0.5) is 4.39 Å². The Morgan fingerprint density at radius 3 is 2.27 bits per heavy atom. The van der Waals surface area contributed by atoms with Crippen molar-refractivity contribution in [2.24, 2.45) is 0 Å². The fraction of sp³-hybridized carbons (Fsp3) is 0.409. The number of piperidine rings is 1. The van der Waals surface area contributed by atoms with Crippen molar-refractivity contribution in [3.8, 4) is 0 Å². The van der Waals surface area contributed by atoms with E-state index in [2.05, 4.69) is 5.32 Å². The summed E-state index contributed by atoms with van der Waals surface area (Å²) < 4.78 is 40.6. The standard InChI is InChI=1S/C22H26FN3O3S/c1-16-21(27)26(17(2)18-6-4-3-5-7-18)22(24-16)12-14-25(15-13-22)30(28,29)20-10-8-19(23)9-11-20/h3-11,16-17,24H,12-15H2,1-2H3/t16-,17-/m1/s1. The van der Waals surface area contributed by atoms with Gasteiger partial charge in [-0.05, 0) is 56.5 Å². The van der Waals surface area contributed by atoms with Gasteiger partial charge in [0.15, 0.2) is 0 Å². The topological polar surface area (TPSA) is 69.7 Å². The van der Waals surface area contributed by atoms with Crippen molar-refractivity contribution < 1.29 is 17.6 Å². The average molecular weight is 432 g/mol. The minimum absolute atomic E-state index is 0.0289. The molecule has 2 aromatic carbocycles. The van der Waals surface area contributed by atoms with Crippen molar-refractivity contribution in [3.63, 3.8) is 0 Å². The summed E-state index contributed by atoms with van der Waals surface area (Å²) in [6.07, 6.45) is 0.974. The van der Waals surface area contributed by atoms with E-state index in [9.17, 15) is 17.6 Å². The van der Waals surface area contributed by atoms with Crippen LogP contribution < -0.4 is 5.32 Å². The number of benzene rings is 2. The summed E-state index contributed by atoms with van der Waals surface area (Å²) in [4.78, 5) is 15.0. The lowest BCUT2D eigenvalue weighted by Crippen LogP contribution is -2.59. The Morgan fingerprint density at radius 2 is 1.67 bits per heavy atom. The van der Waals surface area contributed by atoms with Crippen LogP contribution in [0.2, 0.25) is 0 Å². The highest BCUT2D eigenvalue weighted by molar-refractivity contribution is 7.89. The quantitative estimate of drug-likeness (QED) is 0.808. The van der Waals surface area contributed by atoms with E-state index in [4.69, 9.17) is 0 Å². The Labute approximate surface area is 176 Å². The molecule has 0 aromatic heterocycles. The molecule has 2 atom stereocenters. The highest BCUT2D eigenvalue weighted by Crippen LogP contribution is 2.39. The van der Waals surface area contributed by atoms with Crippen LogP contribution in [0, 0.1) is 5.82 Å². The molecule has 2 fully saturated rings. The summed E-state index contributed by atoms with van der Waals surface area (Å²) in [5.74, 6) is -0.444. The third-order valence-corrected chi connectivity index (χ3v) is 8.14. The van der Waals surface area contributed by atoms with Gasteiger partial charge in [-0.1, -0.05) is 30.3 Å². The van der Waals surface area contributed by atoms with Gasteiger partial charge in [0, 0.05) is 13.1 Å². The Morgan fingerprint density at radius 1 is 1.07 bits per heavy atom. The molecule has 2 aromatic rings. The van der Waals surface area contributed by atoms with Gasteiger partial charge in [-0.2, -0.15) is 4.31 Å². The summed E-state index contributed by atoms with van der Waals surface area (Å²) in [5.41, 5.74) is 0.461. The van der Waals surface area contributed by atoms with Gasteiger partial charge >= 0.3 is 0 Å². The van der Waals surface area contributed by atoms with E-state index in [1.165, 1.54) is 16.4 Å². The van der Waals surface area contributed by atoms with Crippen molar-refractivity contribution in [2.45, 2.75) is 49.3 Å². The maximum atomic E-state index is 13.2. The van der Waals surface area contributed by atoms with E-state index < -0.39 is 21.5 Å². The lowest BCUT2D eigenvalue weighted by atomic mass is 9.94. The Balaban J connectivity index is 1.57. The molecule has 2 aliphatic rings. The fourth-order valence-electron chi connectivity index (χ4n) is 4.63. The van der Waals surface area contributed by atoms with Crippen LogP contribution in [0.15, 0.2) is 59.5 Å². The molecule has 2 saturated heterocycles. The Hall–Kier alpha value is -2.29. The summed E-state index contributed by atoms with van der Waals surface area (Å²) in [7, 11) is -3.71. The second kappa shape index (κ2) is 7.76. The fourth-order valence-corrected chi connectivity index (χ4v) is 6.07. The Kier molecular flexibility index (Phi) is 5.42. The number of hydrogen-bond donors (Lipinski definition) is 1. The summed E-state index contributed by atoms with van der Waals surface area (Å²) in [6.45, 7) is 4.43. The predicted octanol–water partition coefficient (Wildman–Crippen LogP) is 2.89. The van der Waals surface area contributed by atoms with Crippen molar-refractivity contribution in [1.82, 2.24) is 14.5 Å².